The third-order valence-electron chi connectivity index (χ3n) is 5.21. The number of hydrogen-bond acceptors (Lipinski definition) is 6. The zero-order valence-corrected chi connectivity index (χ0v) is 17.9. The molecular weight excluding hydrogens is 390 g/mol. The number of amides is 3. The molecule has 2 fully saturated rings. The van der Waals surface area contributed by atoms with Gasteiger partial charge in [0.25, 0.3) is 12.3 Å². The summed E-state index contributed by atoms with van der Waals surface area (Å²) >= 11 is 0. The van der Waals surface area contributed by atoms with E-state index in [1.165, 1.54) is 0 Å². The number of methoxy groups -OCH3 is 2. The van der Waals surface area contributed by atoms with E-state index in [9.17, 15) is 9.59 Å². The molecule has 2 aliphatic heterocycles. The van der Waals surface area contributed by atoms with E-state index in [2.05, 4.69) is 5.32 Å². The highest BCUT2D eigenvalue weighted by Crippen LogP contribution is 2.32. The van der Waals surface area contributed by atoms with Gasteiger partial charge < -0.3 is 24.4 Å². The van der Waals surface area contributed by atoms with Crippen LogP contribution >= 0.6 is 0 Å². The van der Waals surface area contributed by atoms with Gasteiger partial charge in [-0.2, -0.15) is 5.06 Å². The minimum Gasteiger partial charge on any atom is -0.383 e. The van der Waals surface area contributed by atoms with Crippen LogP contribution in [-0.2, 0) is 23.8 Å². The molecule has 3 rings (SSSR count). The minimum absolute atomic E-state index is 0.128. The summed E-state index contributed by atoms with van der Waals surface area (Å²) in [6.07, 6.45) is 0.325. The Labute approximate surface area is 177 Å². The van der Waals surface area contributed by atoms with Crippen molar-refractivity contribution in [3.63, 3.8) is 0 Å². The van der Waals surface area contributed by atoms with Gasteiger partial charge in [-0.15, -0.1) is 0 Å². The zero-order chi connectivity index (χ0) is 21.7. The van der Waals surface area contributed by atoms with Crippen molar-refractivity contribution >= 4 is 11.9 Å². The predicted molar refractivity (Wildman–Crippen MR) is 108 cm³/mol. The number of hydroxylamine groups is 2. The first-order chi connectivity index (χ1) is 14.5. The molecular formula is C21H31N3O6. The second-order valence-electron chi connectivity index (χ2n) is 7.76. The van der Waals surface area contributed by atoms with Gasteiger partial charge in [-0.1, -0.05) is 30.3 Å². The highest BCUT2D eigenvalue weighted by Gasteiger charge is 2.46. The molecule has 1 aromatic carbocycles. The molecule has 9 nitrogen and oxygen atoms in total. The zero-order valence-electron chi connectivity index (χ0n) is 17.9. The number of ether oxygens (including phenoxy) is 3. The van der Waals surface area contributed by atoms with E-state index < -0.39 is 18.5 Å². The van der Waals surface area contributed by atoms with Crippen LogP contribution in [-0.4, -0.2) is 73.9 Å². The summed E-state index contributed by atoms with van der Waals surface area (Å²) in [5.41, 5.74) is 0.650. The Balaban J connectivity index is 1.93. The van der Waals surface area contributed by atoms with Gasteiger partial charge in [-0.25, -0.2) is 9.63 Å². The number of hydrogen-bond donors (Lipinski definition) is 1. The number of carbonyl (C=O) groups excluding carboxylic acids is 2. The SMILES string of the molecule is COC[C@H]1CC[C@H](COC)N1C(=O)N1O[C@H](OC(C)C)NC(=O)[C@@H]1c1ccccc1. The van der Waals surface area contributed by atoms with Crippen molar-refractivity contribution in [3.05, 3.63) is 35.9 Å². The van der Waals surface area contributed by atoms with Gasteiger partial charge in [0.15, 0.2) is 6.04 Å². The normalized spacial score (nSPS) is 26.9. The van der Waals surface area contributed by atoms with Crippen molar-refractivity contribution < 1.29 is 28.6 Å². The average molecular weight is 421 g/mol. The molecule has 166 valence electrons. The monoisotopic (exact) mass is 421 g/mol. The van der Waals surface area contributed by atoms with Gasteiger partial charge in [0.05, 0.1) is 31.4 Å². The molecule has 0 bridgehead atoms. The third-order valence-corrected chi connectivity index (χ3v) is 5.21. The van der Waals surface area contributed by atoms with E-state index in [0.717, 1.165) is 17.9 Å². The molecule has 0 aliphatic carbocycles. The van der Waals surface area contributed by atoms with Crippen LogP contribution in [0.15, 0.2) is 30.3 Å². The lowest BCUT2D eigenvalue weighted by atomic mass is 10.1. The maximum absolute atomic E-state index is 13.7. The molecule has 4 atom stereocenters. The summed E-state index contributed by atoms with van der Waals surface area (Å²) in [5.74, 6) is -0.364. The van der Waals surface area contributed by atoms with E-state index in [0.29, 0.717) is 18.8 Å². The first-order valence-electron chi connectivity index (χ1n) is 10.2. The highest BCUT2D eigenvalue weighted by molar-refractivity contribution is 5.88. The standard InChI is InChI=1S/C21H31N3O6/c1-14(2)29-20-22-19(25)18(15-8-6-5-7-9-15)24(30-20)21(26)23-16(12-27-3)10-11-17(23)13-28-4/h5-9,14,16-18,20H,10-13H2,1-4H3,(H,22,25)/t16-,17-,18+,20+/m1/s1. The van der Waals surface area contributed by atoms with E-state index in [1.807, 2.05) is 32.0 Å². The molecule has 2 saturated heterocycles. The molecule has 2 aliphatic rings. The Bertz CT molecular complexity index is 702. The summed E-state index contributed by atoms with van der Waals surface area (Å²) in [6.45, 7) is 4.45. The fourth-order valence-corrected chi connectivity index (χ4v) is 3.97. The van der Waals surface area contributed by atoms with Crippen LogP contribution < -0.4 is 5.32 Å². The van der Waals surface area contributed by atoms with Crippen molar-refractivity contribution in [1.82, 2.24) is 15.3 Å². The second-order valence-corrected chi connectivity index (χ2v) is 7.76. The highest BCUT2D eigenvalue weighted by atomic mass is 16.8. The maximum atomic E-state index is 13.7. The summed E-state index contributed by atoms with van der Waals surface area (Å²) in [4.78, 5) is 34.3. The lowest BCUT2D eigenvalue weighted by molar-refractivity contribution is -0.305. The van der Waals surface area contributed by atoms with Crippen molar-refractivity contribution in [3.8, 4) is 0 Å². The molecule has 0 saturated carbocycles. The van der Waals surface area contributed by atoms with E-state index in [4.69, 9.17) is 19.0 Å². The second kappa shape index (κ2) is 10.2. The van der Waals surface area contributed by atoms with Crippen LogP contribution in [0.5, 0.6) is 0 Å². The lowest BCUT2D eigenvalue weighted by Crippen LogP contribution is -2.61. The number of nitrogens with one attached hydrogen (secondary N) is 1. The first-order valence-corrected chi connectivity index (χ1v) is 10.2. The smallest absolute Gasteiger partial charge is 0.345 e. The molecule has 1 aromatic rings. The van der Waals surface area contributed by atoms with E-state index in [-0.39, 0.29) is 24.1 Å². The summed E-state index contributed by atoms with van der Waals surface area (Å²) in [7, 11) is 3.22. The van der Waals surface area contributed by atoms with Gasteiger partial charge in [0.2, 0.25) is 0 Å². The summed E-state index contributed by atoms with van der Waals surface area (Å²) < 4.78 is 16.3. The van der Waals surface area contributed by atoms with E-state index in [1.54, 1.807) is 31.3 Å². The Morgan fingerprint density at radius 3 is 2.27 bits per heavy atom. The molecule has 30 heavy (non-hydrogen) atoms. The molecule has 1 N–H and O–H groups in total. The largest absolute Gasteiger partial charge is 0.383 e. The van der Waals surface area contributed by atoms with Crippen LogP contribution in [0.1, 0.15) is 38.3 Å². The first kappa shape index (κ1) is 22.5. The number of nitrogens with zero attached hydrogens (tertiary/aromatic N) is 2. The maximum Gasteiger partial charge on any atom is 0.345 e. The topological polar surface area (TPSA) is 89.6 Å². The number of urea groups is 1. The number of carbonyl (C=O) groups is 2. The van der Waals surface area contributed by atoms with Crippen molar-refractivity contribution in [2.45, 2.75) is 57.3 Å². The molecule has 2 heterocycles. The van der Waals surface area contributed by atoms with Crippen molar-refractivity contribution in [2.75, 3.05) is 27.4 Å². The Hall–Kier alpha value is -2.20. The Morgan fingerprint density at radius 2 is 1.73 bits per heavy atom. The van der Waals surface area contributed by atoms with Gasteiger partial charge in [0.1, 0.15) is 0 Å². The molecule has 0 radical (unpaired) electrons. The molecule has 3 amide bonds. The van der Waals surface area contributed by atoms with Gasteiger partial charge in [0, 0.05) is 14.2 Å². The van der Waals surface area contributed by atoms with E-state index >= 15 is 0 Å². The van der Waals surface area contributed by atoms with Crippen molar-refractivity contribution in [2.24, 2.45) is 0 Å². The summed E-state index contributed by atoms with van der Waals surface area (Å²) in [6, 6.07) is 7.48. The van der Waals surface area contributed by atoms with Gasteiger partial charge >= 0.3 is 6.03 Å². The minimum atomic E-state index is -1.05. The molecule has 0 unspecified atom stereocenters. The Morgan fingerprint density at radius 1 is 1.13 bits per heavy atom. The van der Waals surface area contributed by atoms with Crippen LogP contribution in [0, 0.1) is 0 Å². The molecule has 9 heteroatoms. The fourth-order valence-electron chi connectivity index (χ4n) is 3.97. The Kier molecular flexibility index (Phi) is 7.65. The quantitative estimate of drug-likeness (QED) is 0.725. The average Bonchev–Trinajstić information content (AvgIpc) is 3.10. The third kappa shape index (κ3) is 4.92. The van der Waals surface area contributed by atoms with Gasteiger partial charge in [-0.3, -0.25) is 4.79 Å². The van der Waals surface area contributed by atoms with Crippen molar-refractivity contribution in [1.29, 1.82) is 0 Å². The fraction of sp³-hybridized carbons (Fsp3) is 0.619. The number of likely N-dealkylation sites (tertiary alicyclic amines) is 1. The van der Waals surface area contributed by atoms with Crippen LogP contribution in [0.2, 0.25) is 0 Å². The van der Waals surface area contributed by atoms with Gasteiger partial charge in [-0.05, 0) is 32.3 Å². The summed E-state index contributed by atoms with van der Waals surface area (Å²) in [5, 5.41) is 3.84. The number of benzene rings is 1. The predicted octanol–water partition coefficient (Wildman–Crippen LogP) is 2.05. The number of rotatable bonds is 7. The lowest BCUT2D eigenvalue weighted by Gasteiger charge is -2.42. The molecule has 0 aromatic heterocycles. The van der Waals surface area contributed by atoms with Crippen LogP contribution in [0.4, 0.5) is 4.79 Å². The van der Waals surface area contributed by atoms with Crippen LogP contribution in [0.25, 0.3) is 0 Å². The van der Waals surface area contributed by atoms with Crippen LogP contribution in [0.3, 0.4) is 0 Å². The molecule has 0 spiro atoms.